The molecule has 2 unspecified atom stereocenters. The molecule has 3 heteroatoms. The van der Waals surface area contributed by atoms with Gasteiger partial charge in [0.05, 0.1) is 5.25 Å². The Bertz CT molecular complexity index is 597. The first-order valence-corrected chi connectivity index (χ1v) is 7.25. The van der Waals surface area contributed by atoms with Crippen molar-refractivity contribution in [3.05, 3.63) is 60.2 Å². The van der Waals surface area contributed by atoms with Crippen molar-refractivity contribution in [2.24, 2.45) is 0 Å². The average molecular weight is 269 g/mol. The number of Topliss-reactive ketones (excluding diaryl/α,β-unsaturated/α-hetero) is 1. The van der Waals surface area contributed by atoms with Crippen molar-refractivity contribution in [3.8, 4) is 0 Å². The molecule has 0 saturated heterocycles. The number of para-hydroxylation sites is 1. The predicted octanol–water partition coefficient (Wildman–Crippen LogP) is 3.84. The highest BCUT2D eigenvalue weighted by Crippen LogP contribution is 2.38. The van der Waals surface area contributed by atoms with Crippen LogP contribution in [0.25, 0.3) is 0 Å². The number of carbonyl (C=O) groups is 1. The summed E-state index contributed by atoms with van der Waals surface area (Å²) in [5, 5.41) is 3.35. The van der Waals surface area contributed by atoms with Crippen molar-refractivity contribution in [1.29, 1.82) is 0 Å². The normalized spacial score (nSPS) is 21.3. The quantitative estimate of drug-likeness (QED) is 0.840. The lowest BCUT2D eigenvalue weighted by atomic mass is 10.0. The Hall–Kier alpha value is -1.74. The van der Waals surface area contributed by atoms with Crippen LogP contribution in [0.15, 0.2) is 59.5 Å². The van der Waals surface area contributed by atoms with Gasteiger partial charge in [0.25, 0.3) is 0 Å². The van der Waals surface area contributed by atoms with E-state index >= 15 is 0 Å². The van der Waals surface area contributed by atoms with Crippen molar-refractivity contribution in [3.63, 3.8) is 0 Å². The van der Waals surface area contributed by atoms with Gasteiger partial charge in [0.15, 0.2) is 5.78 Å². The fourth-order valence-electron chi connectivity index (χ4n) is 2.30. The van der Waals surface area contributed by atoms with Crippen LogP contribution in [0.5, 0.6) is 0 Å². The maximum Gasteiger partial charge on any atom is 0.178 e. The third-order valence-corrected chi connectivity index (χ3v) is 4.78. The number of carbonyl (C=O) groups excluding carboxylic acids is 1. The summed E-state index contributed by atoms with van der Waals surface area (Å²) in [7, 11) is 0. The molecule has 0 bridgehead atoms. The molecule has 0 amide bonds. The third kappa shape index (κ3) is 2.38. The zero-order valence-electron chi connectivity index (χ0n) is 10.7. The Kier molecular flexibility index (Phi) is 3.30. The van der Waals surface area contributed by atoms with E-state index < -0.39 is 0 Å². The minimum atomic E-state index is -0.0719. The summed E-state index contributed by atoms with van der Waals surface area (Å²) in [4.78, 5) is 13.7. The number of hydrogen-bond acceptors (Lipinski definition) is 3. The van der Waals surface area contributed by atoms with Crippen LogP contribution in [0, 0.1) is 0 Å². The van der Waals surface area contributed by atoms with E-state index in [0.717, 1.165) is 16.1 Å². The van der Waals surface area contributed by atoms with E-state index in [9.17, 15) is 4.79 Å². The summed E-state index contributed by atoms with van der Waals surface area (Å²) in [6.45, 7) is 2.06. The number of ketones is 1. The van der Waals surface area contributed by atoms with Crippen LogP contribution < -0.4 is 5.32 Å². The molecule has 2 nitrogen and oxygen atoms in total. The number of hydrogen-bond donors (Lipinski definition) is 1. The van der Waals surface area contributed by atoms with Crippen molar-refractivity contribution >= 4 is 23.2 Å². The van der Waals surface area contributed by atoms with Crippen LogP contribution in [0.3, 0.4) is 0 Å². The van der Waals surface area contributed by atoms with Gasteiger partial charge in [0, 0.05) is 22.2 Å². The zero-order chi connectivity index (χ0) is 13.2. The second kappa shape index (κ2) is 5.10. The highest BCUT2D eigenvalue weighted by Gasteiger charge is 2.31. The zero-order valence-corrected chi connectivity index (χ0v) is 11.5. The summed E-state index contributed by atoms with van der Waals surface area (Å²) in [6, 6.07) is 17.8. The highest BCUT2D eigenvalue weighted by molar-refractivity contribution is 8.01. The second-order valence-corrected chi connectivity index (χ2v) is 5.88. The third-order valence-electron chi connectivity index (χ3n) is 3.30. The number of thioether (sulfide) groups is 1. The lowest BCUT2D eigenvalue weighted by molar-refractivity contribution is 0.0985. The van der Waals surface area contributed by atoms with Gasteiger partial charge in [0.2, 0.25) is 0 Å². The van der Waals surface area contributed by atoms with E-state index in [0.29, 0.717) is 0 Å². The summed E-state index contributed by atoms with van der Waals surface area (Å²) in [6.07, 6.45) is 0. The van der Waals surface area contributed by atoms with Crippen LogP contribution in [0.1, 0.15) is 17.3 Å². The summed E-state index contributed by atoms with van der Waals surface area (Å²) < 4.78 is 0. The fraction of sp³-hybridized carbons (Fsp3) is 0.188. The smallest absolute Gasteiger partial charge is 0.178 e. The molecular formula is C16H15NOS. The molecule has 2 atom stereocenters. The van der Waals surface area contributed by atoms with Gasteiger partial charge >= 0.3 is 0 Å². The van der Waals surface area contributed by atoms with Crippen molar-refractivity contribution in [1.82, 2.24) is 0 Å². The SMILES string of the molecule is CC1Nc2ccccc2SC1C(=O)c1ccccc1. The molecule has 1 N–H and O–H groups in total. The van der Waals surface area contributed by atoms with Crippen LogP contribution in [-0.2, 0) is 0 Å². The van der Waals surface area contributed by atoms with Crippen molar-refractivity contribution < 1.29 is 4.79 Å². The maximum atomic E-state index is 12.6. The van der Waals surface area contributed by atoms with E-state index in [2.05, 4.69) is 24.4 Å². The number of nitrogens with one attached hydrogen (secondary N) is 1. The van der Waals surface area contributed by atoms with Crippen LogP contribution in [-0.4, -0.2) is 17.1 Å². The summed E-state index contributed by atoms with van der Waals surface area (Å²) in [5.74, 6) is 0.195. The predicted molar refractivity (Wildman–Crippen MR) is 79.9 cm³/mol. The van der Waals surface area contributed by atoms with Crippen LogP contribution in [0.2, 0.25) is 0 Å². The topological polar surface area (TPSA) is 29.1 Å². The van der Waals surface area contributed by atoms with E-state index in [1.54, 1.807) is 11.8 Å². The van der Waals surface area contributed by atoms with E-state index in [1.807, 2.05) is 42.5 Å². The molecule has 2 aromatic rings. The van der Waals surface area contributed by atoms with E-state index in [-0.39, 0.29) is 17.1 Å². The lowest BCUT2D eigenvalue weighted by Crippen LogP contribution is -2.37. The molecule has 0 spiro atoms. The van der Waals surface area contributed by atoms with Gasteiger partial charge in [0.1, 0.15) is 0 Å². The second-order valence-electron chi connectivity index (χ2n) is 4.70. The van der Waals surface area contributed by atoms with E-state index in [4.69, 9.17) is 0 Å². The standard InChI is InChI=1S/C16H15NOS/c1-11-16(15(18)12-7-3-2-4-8-12)19-14-10-6-5-9-13(14)17-11/h2-11,16-17H,1H3. The van der Waals surface area contributed by atoms with Gasteiger partial charge in [-0.25, -0.2) is 0 Å². The molecule has 19 heavy (non-hydrogen) atoms. The molecule has 0 saturated carbocycles. The molecule has 96 valence electrons. The van der Waals surface area contributed by atoms with Crippen molar-refractivity contribution in [2.75, 3.05) is 5.32 Å². The minimum absolute atomic E-state index is 0.0719. The van der Waals surface area contributed by atoms with Gasteiger partial charge in [-0.15, -0.1) is 11.8 Å². The average Bonchev–Trinajstić information content (AvgIpc) is 2.47. The van der Waals surface area contributed by atoms with Gasteiger partial charge in [-0.1, -0.05) is 42.5 Å². The highest BCUT2D eigenvalue weighted by atomic mass is 32.2. The molecule has 3 rings (SSSR count). The molecular weight excluding hydrogens is 254 g/mol. The Balaban J connectivity index is 1.89. The number of rotatable bonds is 2. The number of anilines is 1. The number of fused-ring (bicyclic) bond motifs is 1. The Labute approximate surface area is 117 Å². The molecule has 1 heterocycles. The van der Waals surface area contributed by atoms with Gasteiger partial charge in [-0.2, -0.15) is 0 Å². The largest absolute Gasteiger partial charge is 0.380 e. The first kappa shape index (κ1) is 12.3. The maximum absolute atomic E-state index is 12.6. The number of benzene rings is 2. The van der Waals surface area contributed by atoms with Crippen LogP contribution >= 0.6 is 11.8 Å². The molecule has 0 aromatic heterocycles. The summed E-state index contributed by atoms with van der Waals surface area (Å²) >= 11 is 1.66. The van der Waals surface area contributed by atoms with Gasteiger partial charge in [-0.3, -0.25) is 4.79 Å². The monoisotopic (exact) mass is 269 g/mol. The lowest BCUT2D eigenvalue weighted by Gasteiger charge is -2.30. The van der Waals surface area contributed by atoms with Gasteiger partial charge in [-0.05, 0) is 19.1 Å². The Morgan fingerprint density at radius 3 is 2.53 bits per heavy atom. The first-order valence-electron chi connectivity index (χ1n) is 6.37. The fourth-order valence-corrected chi connectivity index (χ4v) is 3.50. The molecule has 1 aliphatic heterocycles. The summed E-state index contributed by atoms with van der Waals surface area (Å²) in [5.41, 5.74) is 1.91. The molecule has 0 aliphatic carbocycles. The molecule has 0 fully saturated rings. The van der Waals surface area contributed by atoms with Crippen molar-refractivity contribution in [2.45, 2.75) is 23.1 Å². The molecule has 0 radical (unpaired) electrons. The Morgan fingerprint density at radius 2 is 1.74 bits per heavy atom. The van der Waals surface area contributed by atoms with E-state index in [1.165, 1.54) is 0 Å². The molecule has 2 aromatic carbocycles. The minimum Gasteiger partial charge on any atom is -0.380 e. The van der Waals surface area contributed by atoms with Crippen LogP contribution in [0.4, 0.5) is 5.69 Å². The van der Waals surface area contributed by atoms with Gasteiger partial charge < -0.3 is 5.32 Å². The first-order chi connectivity index (χ1) is 9.25. The Morgan fingerprint density at radius 1 is 1.05 bits per heavy atom. The molecule has 1 aliphatic rings.